The molecule has 0 radical (unpaired) electrons. The van der Waals surface area contributed by atoms with Crippen molar-refractivity contribution >= 4 is 48.0 Å². The van der Waals surface area contributed by atoms with E-state index in [0.717, 1.165) is 0 Å². The Morgan fingerprint density at radius 3 is 2.53 bits per heavy atom. The molecule has 3 fully saturated rings. The van der Waals surface area contributed by atoms with Crippen LogP contribution in [0.5, 0.6) is 0 Å². The van der Waals surface area contributed by atoms with Crippen molar-refractivity contribution in [3.05, 3.63) is 0 Å². The van der Waals surface area contributed by atoms with Gasteiger partial charge in [0.1, 0.15) is 4.32 Å². The van der Waals surface area contributed by atoms with Gasteiger partial charge in [-0.1, -0.05) is 24.0 Å². The third kappa shape index (κ3) is 2.22. The van der Waals surface area contributed by atoms with Crippen LogP contribution < -0.4 is 0 Å². The Balaban J connectivity index is 1.95. The lowest BCUT2D eigenvalue weighted by atomic mass is 9.97. The molecule has 0 aromatic carbocycles. The van der Waals surface area contributed by atoms with Crippen LogP contribution in [0.4, 0.5) is 0 Å². The number of thiocarbonyl (C=S) groups is 1. The van der Waals surface area contributed by atoms with Gasteiger partial charge < -0.3 is 4.90 Å². The first-order valence-electron chi connectivity index (χ1n) is 6.04. The summed E-state index contributed by atoms with van der Waals surface area (Å²) < 4.78 is 47.6. The summed E-state index contributed by atoms with van der Waals surface area (Å²) in [4.78, 5) is 1.91. The first kappa shape index (κ1) is 14.1. The second kappa shape index (κ2) is 4.08. The van der Waals surface area contributed by atoms with E-state index in [2.05, 4.69) is 0 Å². The quantitative estimate of drug-likeness (QED) is 0.625. The minimum absolute atomic E-state index is 0.0618. The fourth-order valence-electron chi connectivity index (χ4n) is 3.33. The molecule has 0 aromatic rings. The van der Waals surface area contributed by atoms with Crippen molar-refractivity contribution < 1.29 is 16.8 Å². The molecule has 0 aliphatic carbocycles. The molecule has 3 aliphatic heterocycles. The molecule has 0 aromatic heterocycles. The van der Waals surface area contributed by atoms with Gasteiger partial charge in [-0.3, -0.25) is 0 Å². The second-order valence-corrected chi connectivity index (χ2v) is 11.9. The van der Waals surface area contributed by atoms with Crippen molar-refractivity contribution in [3.8, 4) is 0 Å². The van der Waals surface area contributed by atoms with E-state index in [1.165, 1.54) is 11.8 Å². The maximum atomic E-state index is 11.8. The fraction of sp³-hybridized carbons (Fsp3) is 0.900. The average Bonchev–Trinajstić information content (AvgIpc) is 2.72. The lowest BCUT2D eigenvalue weighted by molar-refractivity contribution is 0.197. The number of hydrogen-bond acceptors (Lipinski definition) is 6. The van der Waals surface area contributed by atoms with E-state index in [-0.39, 0.29) is 34.3 Å². The van der Waals surface area contributed by atoms with E-state index in [9.17, 15) is 16.8 Å². The maximum absolute atomic E-state index is 11.8. The molecule has 3 rings (SSSR count). The van der Waals surface area contributed by atoms with Crippen LogP contribution in [0.1, 0.15) is 13.3 Å². The Morgan fingerprint density at radius 1 is 1.26 bits per heavy atom. The molecule has 0 spiro atoms. The minimum atomic E-state index is -3.05. The zero-order valence-electron chi connectivity index (χ0n) is 10.4. The molecular formula is C10H15NO4S4. The van der Waals surface area contributed by atoms with Crippen molar-refractivity contribution in [1.29, 1.82) is 0 Å². The van der Waals surface area contributed by atoms with Gasteiger partial charge in [0.25, 0.3) is 0 Å². The molecule has 1 unspecified atom stereocenters. The Hall–Kier alpha value is 0.140. The summed E-state index contributed by atoms with van der Waals surface area (Å²) in [7, 11) is -6.05. The first-order valence-corrected chi connectivity index (χ1v) is 11.0. The van der Waals surface area contributed by atoms with Gasteiger partial charge in [-0.05, 0) is 13.3 Å². The smallest absolute Gasteiger partial charge is 0.153 e. The van der Waals surface area contributed by atoms with Crippen molar-refractivity contribution in [2.45, 2.75) is 30.2 Å². The van der Waals surface area contributed by atoms with Crippen LogP contribution in [0.15, 0.2) is 0 Å². The van der Waals surface area contributed by atoms with Gasteiger partial charge in [-0.15, -0.1) is 0 Å². The number of thioether (sulfide) groups is 1. The van der Waals surface area contributed by atoms with E-state index in [4.69, 9.17) is 12.2 Å². The van der Waals surface area contributed by atoms with E-state index >= 15 is 0 Å². The highest BCUT2D eigenvalue weighted by molar-refractivity contribution is 8.24. The number of sulfone groups is 2. The van der Waals surface area contributed by atoms with Crippen LogP contribution in [0.3, 0.4) is 0 Å². The summed E-state index contributed by atoms with van der Waals surface area (Å²) in [6, 6.07) is -0.159. The third-order valence-electron chi connectivity index (χ3n) is 4.17. The van der Waals surface area contributed by atoms with E-state index in [1.54, 1.807) is 0 Å². The van der Waals surface area contributed by atoms with Gasteiger partial charge >= 0.3 is 0 Å². The van der Waals surface area contributed by atoms with Crippen LogP contribution in [0.2, 0.25) is 0 Å². The molecule has 0 saturated carbocycles. The summed E-state index contributed by atoms with van der Waals surface area (Å²) in [5, 5.41) is -0.0618. The summed E-state index contributed by atoms with van der Waals surface area (Å²) in [5.41, 5.74) is -0.537. The SMILES string of the molecule is C[C@]12CS(=O)(=O)C[C@H]1SC(=S)N2C1CCS(=O)(=O)C1. The van der Waals surface area contributed by atoms with Gasteiger partial charge in [0.05, 0.1) is 28.6 Å². The Labute approximate surface area is 122 Å². The number of nitrogens with zero attached hydrogens (tertiary/aromatic N) is 1. The summed E-state index contributed by atoms with van der Waals surface area (Å²) in [6.07, 6.45) is 0.547. The average molecular weight is 342 g/mol. The van der Waals surface area contributed by atoms with Crippen molar-refractivity contribution in [3.63, 3.8) is 0 Å². The van der Waals surface area contributed by atoms with E-state index in [1.807, 2.05) is 11.8 Å². The molecule has 0 N–H and O–H groups in total. The monoisotopic (exact) mass is 341 g/mol. The predicted molar refractivity (Wildman–Crippen MR) is 79.9 cm³/mol. The van der Waals surface area contributed by atoms with Crippen molar-refractivity contribution in [2.75, 3.05) is 23.0 Å². The molecule has 9 heteroatoms. The van der Waals surface area contributed by atoms with Crippen LogP contribution in [0.25, 0.3) is 0 Å². The maximum Gasteiger partial charge on any atom is 0.153 e. The molecular weight excluding hydrogens is 326 g/mol. The normalized spacial score (nSPS) is 43.6. The lowest BCUT2D eigenvalue weighted by Crippen LogP contribution is -2.54. The van der Waals surface area contributed by atoms with E-state index < -0.39 is 25.2 Å². The molecule has 19 heavy (non-hydrogen) atoms. The summed E-state index contributed by atoms with van der Waals surface area (Å²) in [5.74, 6) is 0.490. The number of fused-ring (bicyclic) bond motifs is 1. The molecule has 3 atom stereocenters. The van der Waals surface area contributed by atoms with Crippen molar-refractivity contribution in [2.24, 2.45) is 0 Å². The van der Waals surface area contributed by atoms with Gasteiger partial charge in [0, 0.05) is 11.3 Å². The predicted octanol–water partition coefficient (Wildman–Crippen LogP) is 0.0629. The summed E-state index contributed by atoms with van der Waals surface area (Å²) >= 11 is 6.77. The first-order chi connectivity index (χ1) is 8.63. The van der Waals surface area contributed by atoms with Crippen LogP contribution in [0, 0.1) is 0 Å². The zero-order chi connectivity index (χ0) is 14.1. The highest BCUT2D eigenvalue weighted by Gasteiger charge is 2.59. The highest BCUT2D eigenvalue weighted by atomic mass is 32.2. The molecule has 3 aliphatic rings. The fourth-order valence-corrected chi connectivity index (χ4v) is 10.1. The topological polar surface area (TPSA) is 71.5 Å². The zero-order valence-corrected chi connectivity index (χ0v) is 13.7. The second-order valence-electron chi connectivity index (χ2n) is 5.71. The van der Waals surface area contributed by atoms with E-state index in [0.29, 0.717) is 10.7 Å². The molecule has 108 valence electrons. The summed E-state index contributed by atoms with van der Waals surface area (Å²) in [6.45, 7) is 1.90. The standard InChI is InChI=1S/C10H15NO4S4/c1-10-6-19(14,15)5-8(10)17-9(16)11(10)7-2-3-18(12,13)4-7/h7-8H,2-6H2,1H3/t7?,8-,10+/m1/s1. The Kier molecular flexibility index (Phi) is 3.03. The minimum Gasteiger partial charge on any atom is -0.346 e. The number of rotatable bonds is 1. The Morgan fingerprint density at radius 2 is 1.95 bits per heavy atom. The molecule has 0 amide bonds. The van der Waals surface area contributed by atoms with Gasteiger partial charge in [-0.2, -0.15) is 0 Å². The molecule has 0 bridgehead atoms. The largest absolute Gasteiger partial charge is 0.346 e. The molecule has 3 saturated heterocycles. The molecule has 3 heterocycles. The van der Waals surface area contributed by atoms with Crippen molar-refractivity contribution in [1.82, 2.24) is 4.90 Å². The van der Waals surface area contributed by atoms with Crippen LogP contribution >= 0.6 is 24.0 Å². The van der Waals surface area contributed by atoms with Gasteiger partial charge in [-0.25, -0.2) is 16.8 Å². The van der Waals surface area contributed by atoms with Gasteiger partial charge in [0.2, 0.25) is 0 Å². The van der Waals surface area contributed by atoms with Gasteiger partial charge in [0.15, 0.2) is 19.7 Å². The van der Waals surface area contributed by atoms with Crippen LogP contribution in [-0.4, -0.2) is 65.9 Å². The number of hydrogen-bond donors (Lipinski definition) is 0. The highest BCUT2D eigenvalue weighted by Crippen LogP contribution is 2.48. The van der Waals surface area contributed by atoms with Crippen LogP contribution in [-0.2, 0) is 19.7 Å². The lowest BCUT2D eigenvalue weighted by Gasteiger charge is -2.38. The molecule has 5 nitrogen and oxygen atoms in total. The third-order valence-corrected chi connectivity index (χ3v) is 9.84. The Bertz CT molecular complexity index is 640.